The number of benzene rings is 5. The van der Waals surface area contributed by atoms with Gasteiger partial charge < -0.3 is 35.8 Å². The third kappa shape index (κ3) is 8.32. The monoisotopic (exact) mass is 602 g/mol. The molecule has 1 unspecified atom stereocenters. The lowest BCUT2D eigenvalue weighted by molar-refractivity contribution is -0.122. The summed E-state index contributed by atoms with van der Waals surface area (Å²) in [5.74, 6) is 2.30. The molecule has 0 aliphatic heterocycles. The Morgan fingerprint density at radius 3 is 2.13 bits per heavy atom. The lowest BCUT2D eigenvalue weighted by Crippen LogP contribution is -2.33. The number of hydrogen-bond acceptors (Lipinski definition) is 7. The van der Waals surface area contributed by atoms with Gasteiger partial charge in [-0.15, -0.1) is 0 Å². The van der Waals surface area contributed by atoms with Gasteiger partial charge in [0.25, 0.3) is 0 Å². The van der Waals surface area contributed by atoms with Crippen LogP contribution in [0.1, 0.15) is 28.3 Å². The number of amides is 1. The van der Waals surface area contributed by atoms with Gasteiger partial charge in [0.15, 0.2) is 17.3 Å². The van der Waals surface area contributed by atoms with Crippen LogP contribution in [-0.2, 0) is 17.9 Å². The van der Waals surface area contributed by atoms with E-state index in [1.165, 1.54) is 0 Å². The Kier molecular flexibility index (Phi) is 10.1. The Balaban J connectivity index is 1.31. The van der Waals surface area contributed by atoms with Gasteiger partial charge in [-0.3, -0.25) is 4.79 Å². The summed E-state index contributed by atoms with van der Waals surface area (Å²) in [6.45, 7) is 0.682. The summed E-state index contributed by atoms with van der Waals surface area (Å²) in [5, 5.41) is 18.3. The maximum atomic E-state index is 13.6. The number of oxime groups is 1. The largest absolute Gasteiger partial charge is 0.493 e. The van der Waals surface area contributed by atoms with Crippen molar-refractivity contribution in [3.8, 4) is 23.0 Å². The van der Waals surface area contributed by atoms with Crippen molar-refractivity contribution in [3.63, 3.8) is 0 Å². The predicted molar refractivity (Wildman–Crippen MR) is 174 cm³/mol. The fraction of sp³-hybridized carbons (Fsp3) is 0.111. The second kappa shape index (κ2) is 15.0. The van der Waals surface area contributed by atoms with Crippen LogP contribution in [0, 0.1) is 0 Å². The van der Waals surface area contributed by atoms with Crippen LogP contribution >= 0.6 is 0 Å². The van der Waals surface area contributed by atoms with E-state index in [1.807, 2.05) is 91.0 Å². The SMILES string of the molecule is COc1cc(C(Nc2ccc(C(N)=NO)cc2)C(=O)NCc2ccccc2)ccc1OCc1ccc(Oc2ccccc2)cc1. The van der Waals surface area contributed by atoms with Crippen LogP contribution in [0.15, 0.2) is 133 Å². The Morgan fingerprint density at radius 1 is 0.800 bits per heavy atom. The van der Waals surface area contributed by atoms with Gasteiger partial charge in [-0.25, -0.2) is 0 Å². The Hall–Kier alpha value is -5.96. The fourth-order valence-electron chi connectivity index (χ4n) is 4.57. The summed E-state index contributed by atoms with van der Waals surface area (Å²) < 4.78 is 17.6. The molecule has 0 saturated carbocycles. The second-order valence-corrected chi connectivity index (χ2v) is 10.1. The van der Waals surface area contributed by atoms with Gasteiger partial charge >= 0.3 is 0 Å². The fourth-order valence-corrected chi connectivity index (χ4v) is 4.57. The van der Waals surface area contributed by atoms with Gasteiger partial charge in [0.2, 0.25) is 5.91 Å². The maximum Gasteiger partial charge on any atom is 0.247 e. The van der Waals surface area contributed by atoms with E-state index in [0.29, 0.717) is 41.5 Å². The summed E-state index contributed by atoms with van der Waals surface area (Å²) in [4.78, 5) is 13.6. The summed E-state index contributed by atoms with van der Waals surface area (Å²) >= 11 is 0. The molecule has 0 saturated heterocycles. The van der Waals surface area contributed by atoms with Gasteiger partial charge in [-0.1, -0.05) is 71.9 Å². The molecule has 5 aromatic carbocycles. The van der Waals surface area contributed by atoms with Crippen molar-refractivity contribution in [2.24, 2.45) is 10.9 Å². The van der Waals surface area contributed by atoms with Crippen LogP contribution in [-0.4, -0.2) is 24.1 Å². The third-order valence-corrected chi connectivity index (χ3v) is 6.99. The molecule has 0 fully saturated rings. The minimum atomic E-state index is -0.761. The van der Waals surface area contributed by atoms with Crippen molar-refractivity contribution in [1.82, 2.24) is 5.32 Å². The molecule has 0 aliphatic carbocycles. The van der Waals surface area contributed by atoms with Crippen molar-refractivity contribution >= 4 is 17.4 Å². The van der Waals surface area contributed by atoms with Crippen molar-refractivity contribution in [2.45, 2.75) is 19.2 Å². The quantitative estimate of drug-likeness (QED) is 0.0516. The normalized spacial score (nSPS) is 11.7. The topological polar surface area (TPSA) is 127 Å². The first-order valence-corrected chi connectivity index (χ1v) is 14.3. The first-order valence-electron chi connectivity index (χ1n) is 14.3. The van der Waals surface area contributed by atoms with Gasteiger partial charge in [-0.2, -0.15) is 0 Å². The van der Waals surface area contributed by atoms with Crippen molar-refractivity contribution < 1.29 is 24.2 Å². The highest BCUT2D eigenvalue weighted by molar-refractivity contribution is 5.97. The molecule has 0 aliphatic rings. The smallest absolute Gasteiger partial charge is 0.247 e. The van der Waals surface area contributed by atoms with E-state index in [2.05, 4.69) is 15.8 Å². The predicted octanol–water partition coefficient (Wildman–Crippen LogP) is 6.63. The number of rotatable bonds is 13. The average molecular weight is 603 g/mol. The van der Waals surface area contributed by atoms with E-state index in [0.717, 1.165) is 22.6 Å². The molecule has 0 bridgehead atoms. The molecule has 0 aromatic heterocycles. The van der Waals surface area contributed by atoms with E-state index in [1.54, 1.807) is 43.5 Å². The molecule has 45 heavy (non-hydrogen) atoms. The maximum absolute atomic E-state index is 13.6. The first kappa shape index (κ1) is 30.5. The number of methoxy groups -OCH3 is 1. The summed E-state index contributed by atoms with van der Waals surface area (Å²) in [6, 6.07) is 38.6. The number of nitrogens with zero attached hydrogens (tertiary/aromatic N) is 1. The Bertz CT molecular complexity index is 1710. The average Bonchev–Trinajstić information content (AvgIpc) is 3.10. The third-order valence-electron chi connectivity index (χ3n) is 6.99. The zero-order chi connectivity index (χ0) is 31.4. The highest BCUT2D eigenvalue weighted by atomic mass is 16.5. The molecule has 228 valence electrons. The van der Waals surface area contributed by atoms with E-state index >= 15 is 0 Å². The zero-order valence-electron chi connectivity index (χ0n) is 24.7. The van der Waals surface area contributed by atoms with Crippen LogP contribution in [0.4, 0.5) is 5.69 Å². The minimum absolute atomic E-state index is 0.00418. The number of nitrogens with one attached hydrogen (secondary N) is 2. The van der Waals surface area contributed by atoms with Gasteiger partial charge in [0.1, 0.15) is 24.1 Å². The van der Waals surface area contributed by atoms with Gasteiger partial charge in [0.05, 0.1) is 7.11 Å². The molecular weight excluding hydrogens is 568 g/mol. The molecule has 5 N–H and O–H groups in total. The minimum Gasteiger partial charge on any atom is -0.493 e. The number of nitrogens with two attached hydrogens (primary N) is 1. The molecule has 1 amide bonds. The van der Waals surface area contributed by atoms with Crippen molar-refractivity contribution in [3.05, 3.63) is 150 Å². The van der Waals surface area contributed by atoms with Gasteiger partial charge in [0, 0.05) is 17.8 Å². The highest BCUT2D eigenvalue weighted by Crippen LogP contribution is 2.33. The Labute approximate surface area is 261 Å². The van der Waals surface area contributed by atoms with E-state index < -0.39 is 6.04 Å². The second-order valence-electron chi connectivity index (χ2n) is 10.1. The molecular formula is C36H34N4O5. The van der Waals surface area contributed by atoms with Crippen LogP contribution < -0.4 is 30.6 Å². The van der Waals surface area contributed by atoms with Crippen LogP contribution in [0.5, 0.6) is 23.0 Å². The molecule has 5 rings (SSSR count). The molecule has 9 heteroatoms. The van der Waals surface area contributed by atoms with Crippen LogP contribution in [0.3, 0.4) is 0 Å². The molecule has 0 heterocycles. The molecule has 0 spiro atoms. The number of hydrogen-bond donors (Lipinski definition) is 4. The number of anilines is 1. The highest BCUT2D eigenvalue weighted by Gasteiger charge is 2.22. The van der Waals surface area contributed by atoms with E-state index in [9.17, 15) is 4.79 Å². The molecule has 1 atom stereocenters. The number of carbonyl (C=O) groups excluding carboxylic acids is 1. The molecule has 9 nitrogen and oxygen atoms in total. The number of carbonyl (C=O) groups is 1. The summed E-state index contributed by atoms with van der Waals surface area (Å²) in [5.41, 5.74) is 9.54. The van der Waals surface area contributed by atoms with Crippen molar-refractivity contribution in [2.75, 3.05) is 12.4 Å². The number of para-hydroxylation sites is 1. The number of amidine groups is 1. The number of ether oxygens (including phenoxy) is 3. The summed E-state index contributed by atoms with van der Waals surface area (Å²) in [7, 11) is 1.56. The van der Waals surface area contributed by atoms with E-state index in [4.69, 9.17) is 25.2 Å². The van der Waals surface area contributed by atoms with Gasteiger partial charge in [-0.05, 0) is 77.4 Å². The first-order chi connectivity index (χ1) is 22.0. The van der Waals surface area contributed by atoms with E-state index in [-0.39, 0.29) is 11.7 Å². The van der Waals surface area contributed by atoms with Crippen LogP contribution in [0.2, 0.25) is 0 Å². The lowest BCUT2D eigenvalue weighted by Gasteiger charge is -2.22. The standard InChI is InChI=1S/C36H34N4O5/c1-43-33-22-28(16-21-32(33)44-24-26-12-19-31(20-13-26)45-30-10-6-3-7-11-30)34(36(41)38-23-25-8-4-2-5-9-25)39-29-17-14-27(15-18-29)35(37)40-42/h2-22,34,39,42H,23-24H2,1H3,(H2,37,40)(H,38,41). The lowest BCUT2D eigenvalue weighted by atomic mass is 10.0. The molecule has 0 radical (unpaired) electrons. The summed E-state index contributed by atoms with van der Waals surface area (Å²) in [6.07, 6.45) is 0. The van der Waals surface area contributed by atoms with Crippen LogP contribution in [0.25, 0.3) is 0 Å². The van der Waals surface area contributed by atoms with Crippen molar-refractivity contribution in [1.29, 1.82) is 0 Å². The Morgan fingerprint density at radius 2 is 1.47 bits per heavy atom. The molecule has 5 aromatic rings. The zero-order valence-corrected chi connectivity index (χ0v) is 24.7.